The summed E-state index contributed by atoms with van der Waals surface area (Å²) >= 11 is 0. The highest BCUT2D eigenvalue weighted by Gasteiger charge is 2.52. The van der Waals surface area contributed by atoms with Crippen molar-refractivity contribution in [3.63, 3.8) is 0 Å². The number of fused-ring (bicyclic) bond motifs is 3. The number of benzene rings is 1. The van der Waals surface area contributed by atoms with Crippen molar-refractivity contribution in [3.8, 4) is 5.75 Å². The number of carbonyl (C=O) groups excluding carboxylic acids is 9. The van der Waals surface area contributed by atoms with E-state index in [1.54, 1.807) is 45.0 Å². The molecule has 3 fully saturated rings. The Hall–Kier alpha value is -5.79. The van der Waals surface area contributed by atoms with Crippen LogP contribution in [0.1, 0.15) is 106 Å². The Bertz CT molecular complexity index is 1980. The van der Waals surface area contributed by atoms with Crippen molar-refractivity contribution in [3.05, 3.63) is 29.8 Å². The fourth-order valence-corrected chi connectivity index (χ4v) is 9.02. The van der Waals surface area contributed by atoms with E-state index in [1.165, 1.54) is 26.0 Å². The molecule has 8 amide bonds. The lowest BCUT2D eigenvalue weighted by Gasteiger charge is -2.43. The number of aliphatic hydroxyl groups excluding tert-OH is 1. The number of carbonyl (C=O) groups is 9. The van der Waals surface area contributed by atoms with Crippen LogP contribution in [0.5, 0.6) is 5.75 Å². The second-order valence-corrected chi connectivity index (χ2v) is 19.2. The van der Waals surface area contributed by atoms with Crippen molar-refractivity contribution < 1.29 is 57.7 Å². The number of aliphatic hydroxyl groups is 1. The molecule has 2 bridgehead atoms. The fourth-order valence-electron chi connectivity index (χ4n) is 9.02. The number of nitrogens with zero attached hydrogens (tertiary/aromatic N) is 3. The molecule has 3 aliphatic heterocycles. The number of ether oxygens (including phenoxy) is 2. The number of likely N-dealkylation sites (tertiary alicyclic amines) is 1. The molecule has 3 saturated heterocycles. The third kappa shape index (κ3) is 13.7. The first-order valence-electron chi connectivity index (χ1n) is 23.4. The molecule has 4 rings (SSSR count). The molecule has 3 aliphatic rings. The van der Waals surface area contributed by atoms with Gasteiger partial charge in [-0.25, -0.2) is 4.79 Å². The molecule has 1 aromatic carbocycles. The van der Waals surface area contributed by atoms with Crippen molar-refractivity contribution >= 4 is 53.2 Å². The molecule has 0 radical (unpaired) electrons. The minimum atomic E-state index is -1.58. The maximum atomic E-state index is 14.9. The van der Waals surface area contributed by atoms with Gasteiger partial charge in [0.05, 0.1) is 7.11 Å². The number of esters is 1. The SMILES string of the molecule is CC[C@H](C)[C@@H]1NC(=O)[C@H](Cc2ccc(OC)cc2)N(C)C(=O)[C@H](CC(C)C)N2C(=O)[C@H](CC[C@H]2O)NC(=O)[C@H](CC(C)C)NC(=O)[C@@H]2[C@@H](OC1=O)C(C)CN2C(=O)[C@H](CCC(N)=O)NC(C)=O. The highest BCUT2D eigenvalue weighted by Crippen LogP contribution is 2.31. The first-order valence-corrected chi connectivity index (χ1v) is 23.4. The highest BCUT2D eigenvalue weighted by atomic mass is 16.5. The van der Waals surface area contributed by atoms with Crippen LogP contribution in [-0.2, 0) is 54.3 Å². The Morgan fingerprint density at radius 2 is 1.54 bits per heavy atom. The maximum absolute atomic E-state index is 14.9. The summed E-state index contributed by atoms with van der Waals surface area (Å²) in [6.07, 6.45) is -2.82. The van der Waals surface area contributed by atoms with E-state index in [2.05, 4.69) is 21.3 Å². The van der Waals surface area contributed by atoms with Crippen molar-refractivity contribution in [2.75, 3.05) is 20.7 Å². The van der Waals surface area contributed by atoms with Crippen LogP contribution < -0.4 is 31.7 Å². The van der Waals surface area contributed by atoms with Crippen molar-refractivity contribution in [2.45, 2.75) is 161 Å². The summed E-state index contributed by atoms with van der Waals surface area (Å²) in [4.78, 5) is 130. The Morgan fingerprint density at radius 3 is 2.10 bits per heavy atom. The fraction of sp³-hybridized carbons (Fsp3) is 0.681. The van der Waals surface area contributed by atoms with E-state index in [-0.39, 0.29) is 63.3 Å². The first kappa shape index (κ1) is 53.8. The van der Waals surface area contributed by atoms with Crippen molar-refractivity contribution in [1.82, 2.24) is 36.0 Å². The normalized spacial score (nSPS) is 27.7. The minimum Gasteiger partial charge on any atom is -0.497 e. The number of rotatable bonds is 14. The predicted octanol–water partition coefficient (Wildman–Crippen LogP) is 0.509. The van der Waals surface area contributed by atoms with E-state index < -0.39 is 120 Å². The Balaban J connectivity index is 1.92. The summed E-state index contributed by atoms with van der Waals surface area (Å²) in [6.45, 7) is 13.5. The summed E-state index contributed by atoms with van der Waals surface area (Å²) in [6, 6.07) is -2.48. The van der Waals surface area contributed by atoms with E-state index in [4.69, 9.17) is 15.2 Å². The standard InChI is InChI=1S/C47H72N8O12/c1-11-26(6)38-47(65)67-40-27(7)23-54(44(62)31(49-28(8)56)16-18-36(48)57)39(40)43(61)51-33(20-24(2)3)41(59)50-32-17-19-37(58)55(45(32)63)35(21-25(4)5)46(64)53(9)34(42(60)52-38)22-29-12-14-30(66-10)15-13-29/h12-15,24-27,31-35,37-40,58H,11,16-23H2,1-10H3,(H2,48,57)(H,49,56)(H,50,59)(H,51,61)(H,52,60)/t26-,27?,31-,32-,33-,34-,35-,37+,38-,39-,40-/m0/s1. The Kier molecular flexibility index (Phi) is 19.1. The smallest absolute Gasteiger partial charge is 0.329 e. The van der Waals surface area contributed by atoms with Crippen LogP contribution in [0, 0.1) is 23.7 Å². The van der Waals surface area contributed by atoms with Gasteiger partial charge in [-0.15, -0.1) is 0 Å². The molecule has 0 saturated carbocycles. The van der Waals surface area contributed by atoms with E-state index in [0.717, 1.165) is 9.80 Å². The summed E-state index contributed by atoms with van der Waals surface area (Å²) in [5, 5.41) is 22.4. The summed E-state index contributed by atoms with van der Waals surface area (Å²) in [5.74, 6) is -7.93. The molecule has 1 aromatic rings. The molecule has 0 aromatic heterocycles. The molecule has 0 aliphatic carbocycles. The molecule has 372 valence electrons. The van der Waals surface area contributed by atoms with Gasteiger partial charge in [0.25, 0.3) is 0 Å². The number of methoxy groups -OCH3 is 1. The summed E-state index contributed by atoms with van der Waals surface area (Å²) in [7, 11) is 2.93. The Morgan fingerprint density at radius 1 is 0.896 bits per heavy atom. The van der Waals surface area contributed by atoms with Gasteiger partial charge in [0, 0.05) is 39.3 Å². The zero-order chi connectivity index (χ0) is 50.0. The lowest BCUT2D eigenvalue weighted by atomic mass is 9.94. The average Bonchev–Trinajstić information content (AvgIpc) is 3.59. The van der Waals surface area contributed by atoms with Gasteiger partial charge in [-0.2, -0.15) is 0 Å². The number of hydrogen-bond acceptors (Lipinski definition) is 12. The van der Waals surface area contributed by atoms with E-state index in [0.29, 0.717) is 17.7 Å². The zero-order valence-electron chi connectivity index (χ0n) is 40.5. The minimum absolute atomic E-state index is 0.00119. The van der Waals surface area contributed by atoms with Gasteiger partial charge in [-0.1, -0.05) is 67.0 Å². The van der Waals surface area contributed by atoms with E-state index >= 15 is 0 Å². The number of piperidine rings is 1. The summed E-state index contributed by atoms with van der Waals surface area (Å²) < 4.78 is 11.5. The number of nitrogens with two attached hydrogens (primary N) is 1. The molecule has 20 nitrogen and oxygen atoms in total. The van der Waals surface area contributed by atoms with Crippen molar-refractivity contribution in [2.24, 2.45) is 29.4 Å². The Labute approximate surface area is 393 Å². The second-order valence-electron chi connectivity index (χ2n) is 19.2. The lowest BCUT2D eigenvalue weighted by Crippen LogP contribution is -2.65. The number of nitrogens with one attached hydrogen (secondary N) is 4. The second kappa shape index (κ2) is 23.8. The molecule has 3 heterocycles. The van der Waals surface area contributed by atoms with Crippen molar-refractivity contribution in [1.29, 1.82) is 0 Å². The maximum Gasteiger partial charge on any atom is 0.329 e. The molecule has 20 heteroatoms. The molecule has 11 atom stereocenters. The first-order chi connectivity index (χ1) is 31.5. The molecule has 7 N–H and O–H groups in total. The van der Waals surface area contributed by atoms with Gasteiger partial charge >= 0.3 is 5.97 Å². The van der Waals surface area contributed by atoms with Crippen LogP contribution in [0.15, 0.2) is 24.3 Å². The molecule has 1 unspecified atom stereocenters. The van der Waals surface area contributed by atoms with Gasteiger partial charge in [0.1, 0.15) is 60.4 Å². The number of primary amides is 1. The number of likely N-dealkylation sites (N-methyl/N-ethyl adjacent to an activating group) is 1. The van der Waals surface area contributed by atoms with Gasteiger partial charge in [-0.05, 0) is 67.6 Å². The van der Waals surface area contributed by atoms with Crippen LogP contribution in [0.4, 0.5) is 0 Å². The van der Waals surface area contributed by atoms with Crippen LogP contribution in [0.25, 0.3) is 0 Å². The van der Waals surface area contributed by atoms with Gasteiger partial charge < -0.3 is 56.3 Å². The predicted molar refractivity (Wildman–Crippen MR) is 244 cm³/mol. The number of amides is 8. The monoisotopic (exact) mass is 941 g/mol. The summed E-state index contributed by atoms with van der Waals surface area (Å²) in [5.41, 5.74) is 6.03. The van der Waals surface area contributed by atoms with Gasteiger partial charge in [0.15, 0.2) is 0 Å². The third-order valence-electron chi connectivity index (χ3n) is 12.9. The third-order valence-corrected chi connectivity index (χ3v) is 12.9. The molecular weight excluding hydrogens is 869 g/mol. The largest absolute Gasteiger partial charge is 0.497 e. The van der Waals surface area contributed by atoms with E-state index in [1.807, 2.05) is 27.7 Å². The van der Waals surface area contributed by atoms with E-state index in [9.17, 15) is 48.3 Å². The van der Waals surface area contributed by atoms with Gasteiger partial charge in [0.2, 0.25) is 47.3 Å². The number of hydrogen-bond donors (Lipinski definition) is 6. The molecule has 67 heavy (non-hydrogen) atoms. The lowest BCUT2D eigenvalue weighted by molar-refractivity contribution is -0.166. The average molecular weight is 941 g/mol. The van der Waals surface area contributed by atoms with Crippen LogP contribution >= 0.6 is 0 Å². The molecule has 0 spiro atoms. The van der Waals surface area contributed by atoms with Gasteiger partial charge in [-0.3, -0.25) is 38.4 Å². The highest BCUT2D eigenvalue weighted by molar-refractivity contribution is 5.98. The topological polar surface area (TPSA) is 276 Å². The van der Waals surface area contributed by atoms with Crippen LogP contribution in [-0.4, -0.2) is 148 Å². The quantitative estimate of drug-likeness (QED) is 0.139. The van der Waals surface area contributed by atoms with Crippen LogP contribution in [0.2, 0.25) is 0 Å². The zero-order valence-corrected chi connectivity index (χ0v) is 40.5. The molecular formula is C47H72N8O12. The van der Waals surface area contributed by atoms with Crippen LogP contribution in [0.3, 0.4) is 0 Å².